The first-order valence-corrected chi connectivity index (χ1v) is 11.9. The number of carbonyl (C=O) groups is 2. The van der Waals surface area contributed by atoms with Crippen molar-refractivity contribution in [2.45, 2.75) is 19.0 Å². The maximum absolute atomic E-state index is 15.6. The Balaban J connectivity index is 1.69. The van der Waals surface area contributed by atoms with Crippen LogP contribution in [-0.2, 0) is 26.9 Å². The summed E-state index contributed by atoms with van der Waals surface area (Å²) >= 11 is 0.660. The molecule has 0 amide bonds. The number of benzene rings is 3. The Kier molecular flexibility index (Phi) is 7.45. The van der Waals surface area contributed by atoms with Crippen LogP contribution in [-0.4, -0.2) is 18.5 Å². The van der Waals surface area contributed by atoms with Gasteiger partial charge in [-0.3, -0.25) is 0 Å². The minimum absolute atomic E-state index is 0.0679. The number of thiophene rings is 1. The van der Waals surface area contributed by atoms with Crippen LogP contribution in [0.15, 0.2) is 73.8 Å². The second-order valence-electron chi connectivity index (χ2n) is 8.02. The Morgan fingerprint density at radius 2 is 1.54 bits per heavy atom. The molecule has 0 N–H and O–H groups in total. The Labute approximate surface area is 213 Å². The summed E-state index contributed by atoms with van der Waals surface area (Å²) < 4.78 is 67.2. The van der Waals surface area contributed by atoms with Gasteiger partial charge in [0.05, 0.1) is 16.0 Å². The highest BCUT2D eigenvalue weighted by molar-refractivity contribution is 7.26. The van der Waals surface area contributed by atoms with Gasteiger partial charge in [0, 0.05) is 28.5 Å². The molecule has 0 radical (unpaired) electrons. The van der Waals surface area contributed by atoms with Crippen LogP contribution in [0.25, 0.3) is 31.3 Å². The van der Waals surface area contributed by atoms with E-state index in [9.17, 15) is 22.8 Å². The quantitative estimate of drug-likeness (QED) is 0.0776. The third-order valence-electron chi connectivity index (χ3n) is 5.66. The highest BCUT2D eigenvalue weighted by Gasteiger charge is 2.38. The number of aryl methyl sites for hydroxylation is 1. The van der Waals surface area contributed by atoms with Crippen LogP contribution in [0.2, 0.25) is 0 Å². The molecule has 0 unspecified atom stereocenters. The SMILES string of the molecule is C=CC(=O)OCCCc1ccc(-c2ccc3c(sc4c(C(F)(F)F)c(OC(=O)C=C)ccc43)c2F)cc1. The van der Waals surface area contributed by atoms with Gasteiger partial charge in [-0.25, -0.2) is 14.0 Å². The summed E-state index contributed by atoms with van der Waals surface area (Å²) in [5.74, 6) is -2.81. The summed E-state index contributed by atoms with van der Waals surface area (Å²) in [6.07, 6.45) is -1.73. The van der Waals surface area contributed by atoms with Crippen molar-refractivity contribution < 1.29 is 36.6 Å². The van der Waals surface area contributed by atoms with E-state index in [-0.39, 0.29) is 27.0 Å². The van der Waals surface area contributed by atoms with Gasteiger partial charge >= 0.3 is 18.1 Å². The van der Waals surface area contributed by atoms with Crippen LogP contribution in [0.1, 0.15) is 17.5 Å². The average molecular weight is 529 g/mol. The number of rotatable bonds is 8. The summed E-state index contributed by atoms with van der Waals surface area (Å²) in [4.78, 5) is 22.7. The zero-order chi connectivity index (χ0) is 26.7. The smallest absolute Gasteiger partial charge is 0.421 e. The van der Waals surface area contributed by atoms with Gasteiger partial charge in [0.15, 0.2) is 0 Å². The topological polar surface area (TPSA) is 52.6 Å². The first kappa shape index (κ1) is 26.1. The normalized spacial score (nSPS) is 11.5. The third-order valence-corrected chi connectivity index (χ3v) is 6.89. The fraction of sp³-hybridized carbons (Fsp3) is 0.143. The molecule has 0 aliphatic heterocycles. The third kappa shape index (κ3) is 5.41. The molecular formula is C28H20F4O4S. The van der Waals surface area contributed by atoms with Gasteiger partial charge in [-0.15, -0.1) is 11.3 Å². The highest BCUT2D eigenvalue weighted by Crippen LogP contribution is 2.48. The fourth-order valence-corrected chi connectivity index (χ4v) is 5.24. The minimum Gasteiger partial charge on any atom is -0.463 e. The Morgan fingerprint density at radius 3 is 2.19 bits per heavy atom. The predicted molar refractivity (Wildman–Crippen MR) is 135 cm³/mol. The van der Waals surface area contributed by atoms with Crippen molar-refractivity contribution in [3.8, 4) is 16.9 Å². The summed E-state index contributed by atoms with van der Waals surface area (Å²) in [6.45, 7) is 6.78. The van der Waals surface area contributed by atoms with Crippen molar-refractivity contribution in [2.75, 3.05) is 6.61 Å². The molecule has 4 nitrogen and oxygen atoms in total. The van der Waals surface area contributed by atoms with E-state index in [0.717, 1.165) is 23.8 Å². The number of alkyl halides is 3. The van der Waals surface area contributed by atoms with E-state index in [4.69, 9.17) is 9.47 Å². The second-order valence-corrected chi connectivity index (χ2v) is 9.04. The van der Waals surface area contributed by atoms with Gasteiger partial charge in [0.2, 0.25) is 0 Å². The van der Waals surface area contributed by atoms with Gasteiger partial charge in [0.1, 0.15) is 17.1 Å². The van der Waals surface area contributed by atoms with E-state index in [0.29, 0.717) is 35.1 Å². The molecule has 0 saturated carbocycles. The molecule has 1 aromatic heterocycles. The van der Waals surface area contributed by atoms with Crippen molar-refractivity contribution in [2.24, 2.45) is 0 Å². The molecular weight excluding hydrogens is 508 g/mol. The number of hydrogen-bond donors (Lipinski definition) is 0. The molecule has 0 aliphatic rings. The first-order chi connectivity index (χ1) is 17.6. The van der Waals surface area contributed by atoms with Crippen LogP contribution in [0.3, 0.4) is 0 Å². The Morgan fingerprint density at radius 1 is 0.892 bits per heavy atom. The Bertz CT molecular complexity index is 1520. The number of carbonyl (C=O) groups excluding carboxylic acids is 2. The molecule has 0 saturated heterocycles. The van der Waals surface area contributed by atoms with Crippen molar-refractivity contribution in [1.82, 2.24) is 0 Å². The van der Waals surface area contributed by atoms with Crippen LogP contribution >= 0.6 is 11.3 Å². The molecule has 9 heteroatoms. The number of fused-ring (bicyclic) bond motifs is 3. The molecule has 0 bridgehead atoms. The lowest BCUT2D eigenvalue weighted by Gasteiger charge is -2.13. The van der Waals surface area contributed by atoms with Gasteiger partial charge in [-0.2, -0.15) is 13.2 Å². The largest absolute Gasteiger partial charge is 0.463 e. The average Bonchev–Trinajstić information content (AvgIpc) is 3.25. The van der Waals surface area contributed by atoms with Crippen LogP contribution < -0.4 is 4.74 Å². The van der Waals surface area contributed by atoms with Gasteiger partial charge in [-0.05, 0) is 36.1 Å². The molecule has 0 aliphatic carbocycles. The maximum Gasteiger partial charge on any atom is 0.421 e. The van der Waals surface area contributed by atoms with E-state index in [2.05, 4.69) is 13.2 Å². The standard InChI is InChI=1S/C28H20F4O4S/c1-3-22(33)35-15-5-6-16-7-9-17(10-8-16)18-11-12-20-19-13-14-21(36-23(34)4-2)24(28(30,31)32)26(19)37-27(20)25(18)29/h3-4,7-14H,1-2,5-6,15H2. The highest BCUT2D eigenvalue weighted by atomic mass is 32.1. The summed E-state index contributed by atoms with van der Waals surface area (Å²) in [5, 5.41) is 0.544. The number of hydrogen-bond acceptors (Lipinski definition) is 5. The lowest BCUT2D eigenvalue weighted by molar-refractivity contribution is -0.140. The van der Waals surface area contributed by atoms with Crippen LogP contribution in [0.4, 0.5) is 17.6 Å². The molecule has 1 heterocycles. The van der Waals surface area contributed by atoms with E-state index < -0.39 is 35.2 Å². The predicted octanol–water partition coefficient (Wildman–Crippen LogP) is 7.63. The van der Waals surface area contributed by atoms with Crippen LogP contribution in [0.5, 0.6) is 5.75 Å². The lowest BCUT2D eigenvalue weighted by Crippen LogP contribution is -2.11. The minimum atomic E-state index is -4.84. The Hall–Kier alpha value is -3.98. The molecule has 190 valence electrons. The molecule has 37 heavy (non-hydrogen) atoms. The molecule has 4 rings (SSSR count). The van der Waals surface area contributed by atoms with E-state index in [1.807, 2.05) is 12.1 Å². The molecule has 0 spiro atoms. The summed E-state index contributed by atoms with van der Waals surface area (Å²) in [7, 11) is 0. The molecule has 0 fully saturated rings. The van der Waals surface area contributed by atoms with Crippen molar-refractivity contribution in [1.29, 1.82) is 0 Å². The molecule has 4 aromatic rings. The lowest BCUT2D eigenvalue weighted by atomic mass is 10.00. The monoisotopic (exact) mass is 528 g/mol. The maximum atomic E-state index is 15.6. The molecule has 0 atom stereocenters. The van der Waals surface area contributed by atoms with E-state index >= 15 is 4.39 Å². The zero-order valence-electron chi connectivity index (χ0n) is 19.4. The summed E-state index contributed by atoms with van der Waals surface area (Å²) in [6, 6.07) is 12.7. The van der Waals surface area contributed by atoms with E-state index in [1.165, 1.54) is 12.1 Å². The number of halogens is 4. The van der Waals surface area contributed by atoms with Crippen molar-refractivity contribution in [3.05, 3.63) is 90.8 Å². The zero-order valence-corrected chi connectivity index (χ0v) is 20.2. The first-order valence-electron chi connectivity index (χ1n) is 11.1. The molecule has 3 aromatic carbocycles. The van der Waals surface area contributed by atoms with Crippen LogP contribution in [0, 0.1) is 5.82 Å². The summed E-state index contributed by atoms with van der Waals surface area (Å²) in [5.41, 5.74) is 0.636. The number of ether oxygens (including phenoxy) is 2. The fourth-order valence-electron chi connectivity index (χ4n) is 3.94. The van der Waals surface area contributed by atoms with Gasteiger partial charge in [-0.1, -0.05) is 49.6 Å². The second kappa shape index (κ2) is 10.6. The van der Waals surface area contributed by atoms with Crippen molar-refractivity contribution in [3.63, 3.8) is 0 Å². The van der Waals surface area contributed by atoms with Gasteiger partial charge in [0.25, 0.3) is 0 Å². The van der Waals surface area contributed by atoms with Gasteiger partial charge < -0.3 is 9.47 Å². The number of esters is 2. The van der Waals surface area contributed by atoms with Crippen molar-refractivity contribution >= 4 is 43.4 Å². The van der Waals surface area contributed by atoms with E-state index in [1.54, 1.807) is 18.2 Å².